The average molecular weight is 415 g/mol. The van der Waals surface area contributed by atoms with Crippen LogP contribution in [0.15, 0.2) is 21.3 Å². The van der Waals surface area contributed by atoms with Crippen LogP contribution in [0.5, 0.6) is 5.75 Å². The first-order valence-electron chi connectivity index (χ1n) is 10.9. The second-order valence-corrected chi connectivity index (χ2v) is 8.14. The van der Waals surface area contributed by atoms with Crippen LogP contribution in [0.2, 0.25) is 0 Å². The molecule has 1 saturated heterocycles. The van der Waals surface area contributed by atoms with Crippen molar-refractivity contribution in [3.63, 3.8) is 0 Å². The molecular formula is C23H30N2O5. The van der Waals surface area contributed by atoms with Crippen molar-refractivity contribution in [2.45, 2.75) is 39.0 Å². The third-order valence-electron chi connectivity index (χ3n) is 5.86. The first-order valence-corrected chi connectivity index (χ1v) is 10.9. The summed E-state index contributed by atoms with van der Waals surface area (Å²) in [6, 6.07) is 3.78. The van der Waals surface area contributed by atoms with Gasteiger partial charge in [0.1, 0.15) is 11.3 Å². The van der Waals surface area contributed by atoms with Crippen LogP contribution >= 0.6 is 0 Å². The smallest absolute Gasteiger partial charge is 0.339 e. The highest BCUT2D eigenvalue weighted by Gasteiger charge is 2.21. The van der Waals surface area contributed by atoms with E-state index in [2.05, 4.69) is 10.2 Å². The second kappa shape index (κ2) is 9.62. The van der Waals surface area contributed by atoms with Crippen LogP contribution in [0.1, 0.15) is 36.0 Å². The molecule has 4 rings (SSSR count). The third-order valence-corrected chi connectivity index (χ3v) is 5.86. The maximum absolute atomic E-state index is 12.3. The molecule has 1 amide bonds. The van der Waals surface area contributed by atoms with Gasteiger partial charge in [0, 0.05) is 25.2 Å². The number of ether oxygens (including phenoxy) is 2. The summed E-state index contributed by atoms with van der Waals surface area (Å²) < 4.78 is 16.8. The van der Waals surface area contributed by atoms with Gasteiger partial charge in [0.2, 0.25) is 0 Å². The molecule has 1 aromatic heterocycles. The van der Waals surface area contributed by atoms with Crippen LogP contribution in [0.4, 0.5) is 0 Å². The van der Waals surface area contributed by atoms with Gasteiger partial charge in [-0.15, -0.1) is 0 Å². The zero-order valence-corrected chi connectivity index (χ0v) is 17.6. The van der Waals surface area contributed by atoms with E-state index in [4.69, 9.17) is 13.9 Å². The van der Waals surface area contributed by atoms with Crippen molar-refractivity contribution < 1.29 is 18.7 Å². The van der Waals surface area contributed by atoms with Crippen LogP contribution in [0.3, 0.4) is 0 Å². The SMILES string of the molecule is Cc1cc(OCC(=O)NCCCN2CCOCC2)c2c3c(c(=O)oc2c1)CCCC3. The molecule has 7 nitrogen and oxygen atoms in total. The fourth-order valence-corrected chi connectivity index (χ4v) is 4.33. The number of amides is 1. The third kappa shape index (κ3) is 4.84. The summed E-state index contributed by atoms with van der Waals surface area (Å²) in [6.45, 7) is 6.94. The number of aryl methyl sites for hydroxylation is 2. The molecule has 1 aromatic carbocycles. The Kier molecular flexibility index (Phi) is 6.69. The minimum absolute atomic E-state index is 0.0516. The average Bonchev–Trinajstić information content (AvgIpc) is 2.75. The molecule has 0 bridgehead atoms. The number of rotatable bonds is 7. The molecule has 7 heteroatoms. The van der Waals surface area contributed by atoms with Gasteiger partial charge in [0.05, 0.1) is 18.6 Å². The van der Waals surface area contributed by atoms with E-state index < -0.39 is 0 Å². The maximum Gasteiger partial charge on any atom is 0.339 e. The van der Waals surface area contributed by atoms with Gasteiger partial charge in [-0.25, -0.2) is 4.79 Å². The second-order valence-electron chi connectivity index (χ2n) is 8.14. The zero-order chi connectivity index (χ0) is 20.9. The van der Waals surface area contributed by atoms with Crippen molar-refractivity contribution in [1.29, 1.82) is 0 Å². The van der Waals surface area contributed by atoms with Crippen molar-refractivity contribution in [3.8, 4) is 5.75 Å². The largest absolute Gasteiger partial charge is 0.483 e. The molecule has 1 aliphatic heterocycles. The molecule has 1 N–H and O–H groups in total. The summed E-state index contributed by atoms with van der Waals surface area (Å²) in [5.41, 5.74) is 3.01. The van der Waals surface area contributed by atoms with Crippen molar-refractivity contribution >= 4 is 16.9 Å². The molecule has 0 atom stereocenters. The van der Waals surface area contributed by atoms with Gasteiger partial charge < -0.3 is 19.2 Å². The van der Waals surface area contributed by atoms with E-state index in [0.29, 0.717) is 17.9 Å². The molecule has 1 aliphatic carbocycles. The number of hydrogen-bond acceptors (Lipinski definition) is 6. The Bertz CT molecular complexity index is 962. The molecule has 1 fully saturated rings. The predicted molar refractivity (Wildman–Crippen MR) is 114 cm³/mol. The number of carbonyl (C=O) groups is 1. The first kappa shape index (κ1) is 20.9. The fourth-order valence-electron chi connectivity index (χ4n) is 4.33. The molecule has 0 unspecified atom stereocenters. The lowest BCUT2D eigenvalue weighted by Crippen LogP contribution is -2.38. The Morgan fingerprint density at radius 2 is 1.93 bits per heavy atom. The van der Waals surface area contributed by atoms with Crippen LogP contribution in [-0.2, 0) is 22.4 Å². The molecule has 0 radical (unpaired) electrons. The summed E-state index contributed by atoms with van der Waals surface area (Å²) >= 11 is 0. The molecule has 2 aromatic rings. The van der Waals surface area contributed by atoms with Gasteiger partial charge in [-0.1, -0.05) is 0 Å². The molecule has 30 heavy (non-hydrogen) atoms. The van der Waals surface area contributed by atoms with Gasteiger partial charge in [0.25, 0.3) is 5.91 Å². The molecule has 0 saturated carbocycles. The van der Waals surface area contributed by atoms with Gasteiger partial charge in [-0.05, 0) is 68.8 Å². The zero-order valence-electron chi connectivity index (χ0n) is 17.6. The Labute approximate surface area is 176 Å². The first-order chi connectivity index (χ1) is 14.6. The molecule has 2 aliphatic rings. The summed E-state index contributed by atoms with van der Waals surface area (Å²) in [7, 11) is 0. The molecule has 162 valence electrons. The fraction of sp³-hybridized carbons (Fsp3) is 0.565. The van der Waals surface area contributed by atoms with E-state index in [1.54, 1.807) is 0 Å². The lowest BCUT2D eigenvalue weighted by molar-refractivity contribution is -0.123. The summed E-state index contributed by atoms with van der Waals surface area (Å²) in [5.74, 6) is 0.480. The number of nitrogens with zero attached hydrogens (tertiary/aromatic N) is 1. The van der Waals surface area contributed by atoms with Crippen molar-refractivity contribution in [2.24, 2.45) is 0 Å². The van der Waals surface area contributed by atoms with E-state index in [9.17, 15) is 9.59 Å². The predicted octanol–water partition coefficient (Wildman–Crippen LogP) is 2.20. The number of benzene rings is 1. The normalized spacial score (nSPS) is 17.0. The van der Waals surface area contributed by atoms with Crippen molar-refractivity contribution in [3.05, 3.63) is 39.2 Å². The highest BCUT2D eigenvalue weighted by atomic mass is 16.5. The van der Waals surface area contributed by atoms with Gasteiger partial charge in [-0.3, -0.25) is 9.69 Å². The summed E-state index contributed by atoms with van der Waals surface area (Å²) in [6.07, 6.45) is 4.52. The van der Waals surface area contributed by atoms with Crippen LogP contribution in [0.25, 0.3) is 11.0 Å². The van der Waals surface area contributed by atoms with E-state index in [1.807, 2.05) is 19.1 Å². The monoisotopic (exact) mass is 414 g/mol. The standard InChI is InChI=1S/C23H30N2O5/c1-16-13-19(22-17-5-2-3-6-18(17)23(27)30-20(22)14-16)29-15-21(26)24-7-4-8-25-9-11-28-12-10-25/h13-14H,2-12,15H2,1H3,(H,24,26). The summed E-state index contributed by atoms with van der Waals surface area (Å²) in [5, 5.41) is 3.77. The van der Waals surface area contributed by atoms with Crippen LogP contribution in [0, 0.1) is 6.92 Å². The van der Waals surface area contributed by atoms with Crippen molar-refractivity contribution in [1.82, 2.24) is 10.2 Å². The number of morpholine rings is 1. The highest BCUT2D eigenvalue weighted by Crippen LogP contribution is 2.34. The Morgan fingerprint density at radius 1 is 1.17 bits per heavy atom. The Morgan fingerprint density at radius 3 is 2.73 bits per heavy atom. The maximum atomic E-state index is 12.3. The van der Waals surface area contributed by atoms with Crippen molar-refractivity contribution in [2.75, 3.05) is 46.0 Å². The van der Waals surface area contributed by atoms with Gasteiger partial charge >= 0.3 is 5.63 Å². The van der Waals surface area contributed by atoms with E-state index in [1.165, 1.54) is 0 Å². The quantitative estimate of drug-likeness (QED) is 0.553. The molecule has 0 spiro atoms. The number of fused-ring (bicyclic) bond motifs is 3. The lowest BCUT2D eigenvalue weighted by Gasteiger charge is -2.26. The molecule has 2 heterocycles. The number of hydrogen-bond donors (Lipinski definition) is 1. The highest BCUT2D eigenvalue weighted by molar-refractivity contribution is 5.89. The minimum Gasteiger partial charge on any atom is -0.483 e. The topological polar surface area (TPSA) is 81.0 Å². The lowest BCUT2D eigenvalue weighted by atomic mass is 9.90. The van der Waals surface area contributed by atoms with E-state index in [-0.39, 0.29) is 18.1 Å². The van der Waals surface area contributed by atoms with Crippen LogP contribution < -0.4 is 15.7 Å². The summed E-state index contributed by atoms with van der Waals surface area (Å²) in [4.78, 5) is 27.0. The van der Waals surface area contributed by atoms with E-state index in [0.717, 1.165) is 87.0 Å². The van der Waals surface area contributed by atoms with Gasteiger partial charge in [0.15, 0.2) is 6.61 Å². The van der Waals surface area contributed by atoms with Crippen LogP contribution in [-0.4, -0.2) is 56.8 Å². The number of carbonyl (C=O) groups excluding carboxylic acids is 1. The van der Waals surface area contributed by atoms with Gasteiger partial charge in [-0.2, -0.15) is 0 Å². The number of nitrogens with one attached hydrogen (secondary N) is 1. The Hall–Kier alpha value is -2.38. The minimum atomic E-state index is -0.244. The van der Waals surface area contributed by atoms with E-state index >= 15 is 0 Å². The Balaban J connectivity index is 1.38. The molecular weight excluding hydrogens is 384 g/mol.